The first-order valence-electron chi connectivity index (χ1n) is 0.956. The van der Waals surface area contributed by atoms with Crippen LogP contribution >= 0.6 is 0 Å². The van der Waals surface area contributed by atoms with Gasteiger partial charge in [-0.15, -0.1) is 0 Å². The van der Waals surface area contributed by atoms with Crippen molar-refractivity contribution in [3.8, 4) is 0 Å². The molecular weight excluding hydrogens is 150 g/mol. The average Bonchev–Trinajstić information content (AvgIpc) is 1.38. The second-order valence-corrected chi connectivity index (χ2v) is 1.67. The van der Waals surface area contributed by atoms with E-state index in [-0.39, 0.29) is 51.4 Å². The van der Waals surface area contributed by atoms with Gasteiger partial charge in [-0.05, 0) is 0 Å². The predicted molar refractivity (Wildman–Crippen MR) is 15.5 cm³/mol. The van der Waals surface area contributed by atoms with E-state index in [1.54, 1.807) is 0 Å². The molecule has 6 heavy (non-hydrogen) atoms. The van der Waals surface area contributed by atoms with Gasteiger partial charge >= 0.3 is 84.9 Å². The van der Waals surface area contributed by atoms with E-state index in [2.05, 4.69) is 3.66 Å². The van der Waals surface area contributed by atoms with Crippen LogP contribution in [0.1, 0.15) is 0 Å². The van der Waals surface area contributed by atoms with Gasteiger partial charge in [0.2, 0.25) is 0 Å². The van der Waals surface area contributed by atoms with Crippen LogP contribution in [0, 0.1) is 0 Å². The summed E-state index contributed by atoms with van der Waals surface area (Å²) in [4.78, 5) is 0. The third-order valence-electron chi connectivity index (χ3n) is 0.149. The summed E-state index contributed by atoms with van der Waals surface area (Å²) in [5.74, 6) is 0. The fourth-order valence-corrected chi connectivity index (χ4v) is 0. The number of rotatable bonds is 1. The predicted octanol–water partition coefficient (Wildman–Crippen LogP) is -0.792. The zero-order valence-electron chi connectivity index (χ0n) is 2.67. The SMILES string of the molecule is C[O][V](=[O])=[O].[KH]. The van der Waals surface area contributed by atoms with Gasteiger partial charge in [-0.2, -0.15) is 0 Å². The summed E-state index contributed by atoms with van der Waals surface area (Å²) in [6, 6.07) is 0. The number of hydrogen-bond acceptors (Lipinski definition) is 3. The molecule has 0 heterocycles. The summed E-state index contributed by atoms with van der Waals surface area (Å²) >= 11 is -3.20. The zero-order chi connectivity index (χ0) is 4.28. The molecule has 32 valence electrons. The number of hydrogen-bond donors (Lipinski definition) is 0. The molecule has 0 rings (SSSR count). The minimum absolute atomic E-state index is 0. The van der Waals surface area contributed by atoms with Crippen LogP contribution in [-0.2, 0) is 26.4 Å². The second-order valence-electron chi connectivity index (χ2n) is 0.406. The van der Waals surface area contributed by atoms with Crippen LogP contribution in [0.25, 0.3) is 0 Å². The van der Waals surface area contributed by atoms with Crippen LogP contribution in [0.15, 0.2) is 0 Å². The average molecular weight is 154 g/mol. The molecule has 0 aliphatic carbocycles. The minimum atomic E-state index is -3.20. The molecule has 0 N–H and O–H groups in total. The molecule has 5 heteroatoms. The van der Waals surface area contributed by atoms with Crippen molar-refractivity contribution in [1.82, 2.24) is 0 Å². The van der Waals surface area contributed by atoms with Gasteiger partial charge in [-0.25, -0.2) is 0 Å². The fraction of sp³-hybridized carbons (Fsp3) is 1.00. The summed E-state index contributed by atoms with van der Waals surface area (Å²) in [7, 11) is 1.14. The van der Waals surface area contributed by atoms with Gasteiger partial charge in [-0.1, -0.05) is 0 Å². The molecule has 0 bridgehead atoms. The van der Waals surface area contributed by atoms with Gasteiger partial charge in [0.25, 0.3) is 0 Å². The Morgan fingerprint density at radius 2 is 1.67 bits per heavy atom. The Hall–Kier alpha value is 1.78. The third kappa shape index (κ3) is 9.24. The van der Waals surface area contributed by atoms with Crippen LogP contribution in [-0.4, -0.2) is 58.5 Å². The van der Waals surface area contributed by atoms with Crippen molar-refractivity contribution < 1.29 is 26.4 Å². The van der Waals surface area contributed by atoms with Crippen LogP contribution < -0.4 is 0 Å². The Labute approximate surface area is 83.2 Å². The van der Waals surface area contributed by atoms with E-state index in [0.29, 0.717) is 0 Å². The van der Waals surface area contributed by atoms with Crippen molar-refractivity contribution in [3.63, 3.8) is 0 Å². The standard InChI is InChI=1S/CH3O.K.2O.V.H/c1-2;;;;;/h1H3;;;;;/q-1;;;;+1;. The maximum atomic E-state index is 9.26. The first kappa shape index (κ1) is 10.7. The zero-order valence-corrected chi connectivity index (χ0v) is 4.07. The van der Waals surface area contributed by atoms with Crippen LogP contribution in [0.4, 0.5) is 0 Å². The van der Waals surface area contributed by atoms with Crippen molar-refractivity contribution >= 4 is 51.4 Å². The molecule has 0 aliphatic heterocycles. The first-order chi connectivity index (χ1) is 2.27. The fourth-order valence-electron chi connectivity index (χ4n) is 0. The molecule has 0 fully saturated rings. The van der Waals surface area contributed by atoms with Crippen molar-refractivity contribution in [2.75, 3.05) is 7.11 Å². The topological polar surface area (TPSA) is 43.4 Å². The molecule has 0 aromatic rings. The van der Waals surface area contributed by atoms with Gasteiger partial charge < -0.3 is 0 Å². The Morgan fingerprint density at radius 3 is 1.67 bits per heavy atom. The Balaban J connectivity index is 0. The second kappa shape index (κ2) is 6.78. The first-order valence-corrected chi connectivity index (χ1v) is 2.67. The molecular formula is CH4KO3V. The van der Waals surface area contributed by atoms with Crippen molar-refractivity contribution in [3.05, 3.63) is 0 Å². The molecule has 0 unspecified atom stereocenters. The Morgan fingerprint density at radius 1 is 1.50 bits per heavy atom. The van der Waals surface area contributed by atoms with E-state index in [1.165, 1.54) is 0 Å². The van der Waals surface area contributed by atoms with E-state index in [4.69, 9.17) is 0 Å². The molecule has 3 nitrogen and oxygen atoms in total. The van der Waals surface area contributed by atoms with Gasteiger partial charge in [0.1, 0.15) is 0 Å². The van der Waals surface area contributed by atoms with Crippen LogP contribution in [0.5, 0.6) is 0 Å². The summed E-state index contributed by atoms with van der Waals surface area (Å²) in [6.45, 7) is 0. The quantitative estimate of drug-likeness (QED) is 0.465. The van der Waals surface area contributed by atoms with Gasteiger partial charge in [0, 0.05) is 0 Å². The van der Waals surface area contributed by atoms with Crippen LogP contribution in [0.2, 0.25) is 0 Å². The van der Waals surface area contributed by atoms with E-state index >= 15 is 0 Å². The molecule has 0 amide bonds. The molecule has 0 aliphatic rings. The van der Waals surface area contributed by atoms with E-state index in [1.807, 2.05) is 0 Å². The molecule has 0 saturated heterocycles. The monoisotopic (exact) mass is 154 g/mol. The van der Waals surface area contributed by atoms with Gasteiger partial charge in [0.15, 0.2) is 0 Å². The Bertz CT molecular complexity index is 68.9. The summed E-state index contributed by atoms with van der Waals surface area (Å²) in [5.41, 5.74) is 0. The van der Waals surface area contributed by atoms with Crippen molar-refractivity contribution in [1.29, 1.82) is 0 Å². The van der Waals surface area contributed by atoms with Crippen LogP contribution in [0.3, 0.4) is 0 Å². The third-order valence-corrected chi connectivity index (χ3v) is 0.615. The van der Waals surface area contributed by atoms with E-state index in [0.717, 1.165) is 7.11 Å². The van der Waals surface area contributed by atoms with Gasteiger partial charge in [-0.3, -0.25) is 0 Å². The van der Waals surface area contributed by atoms with E-state index in [9.17, 15) is 7.35 Å². The maximum absolute atomic E-state index is 9.26. The summed E-state index contributed by atoms with van der Waals surface area (Å²) < 4.78 is 22.3. The molecule has 0 aromatic heterocycles. The molecule has 0 aromatic carbocycles. The van der Waals surface area contributed by atoms with E-state index < -0.39 is 15.4 Å². The van der Waals surface area contributed by atoms with Crippen molar-refractivity contribution in [2.45, 2.75) is 0 Å². The molecule has 0 spiro atoms. The van der Waals surface area contributed by atoms with Gasteiger partial charge in [0.05, 0.1) is 0 Å². The summed E-state index contributed by atoms with van der Waals surface area (Å²) in [6.07, 6.45) is 0. The molecule has 0 atom stereocenters. The molecule has 0 radical (unpaired) electrons. The summed E-state index contributed by atoms with van der Waals surface area (Å²) in [5, 5.41) is 0. The van der Waals surface area contributed by atoms with Crippen molar-refractivity contribution in [2.24, 2.45) is 0 Å². The molecule has 0 saturated carbocycles. The normalized spacial score (nSPS) is 6.17. The Kier molecular flexibility index (Phi) is 12.1.